The van der Waals surface area contributed by atoms with Crippen molar-refractivity contribution in [2.45, 2.75) is 45.1 Å². The van der Waals surface area contributed by atoms with E-state index in [0.29, 0.717) is 20.4 Å². The van der Waals surface area contributed by atoms with Crippen molar-refractivity contribution in [2.75, 3.05) is 0 Å². The van der Waals surface area contributed by atoms with Crippen LogP contribution in [0.1, 0.15) is 43.2 Å². The summed E-state index contributed by atoms with van der Waals surface area (Å²) in [6, 6.07) is 5.19. The molecule has 0 aromatic heterocycles. The molecule has 3 rings (SSSR count). The molecule has 1 aromatic carbocycles. The fourth-order valence-electron chi connectivity index (χ4n) is 3.20. The summed E-state index contributed by atoms with van der Waals surface area (Å²) in [6.07, 6.45) is 7.17. The van der Waals surface area contributed by atoms with Crippen LogP contribution in [0, 0.1) is 17.0 Å². The molecule has 0 radical (unpaired) electrons. The Hall–Kier alpha value is -1.73. The molecular formula is C17H18N2O3S2. The first-order chi connectivity index (χ1) is 11.5. The van der Waals surface area contributed by atoms with E-state index in [0.717, 1.165) is 25.7 Å². The summed E-state index contributed by atoms with van der Waals surface area (Å²) in [5.74, 6) is -0.0693. The summed E-state index contributed by atoms with van der Waals surface area (Å²) >= 11 is 6.69. The Labute approximate surface area is 150 Å². The molecule has 1 heterocycles. The van der Waals surface area contributed by atoms with Crippen LogP contribution in [0.25, 0.3) is 6.08 Å². The van der Waals surface area contributed by atoms with Crippen LogP contribution in [0.5, 0.6) is 0 Å². The molecule has 1 aromatic rings. The lowest BCUT2D eigenvalue weighted by atomic mass is 9.94. The van der Waals surface area contributed by atoms with E-state index < -0.39 is 4.92 Å². The van der Waals surface area contributed by atoms with Crippen LogP contribution in [0.4, 0.5) is 5.69 Å². The summed E-state index contributed by atoms with van der Waals surface area (Å²) in [7, 11) is 0. The van der Waals surface area contributed by atoms with Crippen molar-refractivity contribution in [2.24, 2.45) is 0 Å². The van der Waals surface area contributed by atoms with Crippen molar-refractivity contribution in [3.63, 3.8) is 0 Å². The summed E-state index contributed by atoms with van der Waals surface area (Å²) in [4.78, 5) is 25.7. The SMILES string of the molecule is Cc1ccc(C=C2SC(=S)N(C3CCCCC3)C2=O)cc1[N+](=O)[O-]. The van der Waals surface area contributed by atoms with Gasteiger partial charge >= 0.3 is 0 Å². The molecule has 0 spiro atoms. The van der Waals surface area contributed by atoms with E-state index in [1.807, 2.05) is 0 Å². The minimum atomic E-state index is -0.403. The number of nitrogens with zero attached hydrogens (tertiary/aromatic N) is 2. The molecule has 2 fully saturated rings. The zero-order valence-corrected chi connectivity index (χ0v) is 15.0. The Kier molecular flexibility index (Phi) is 5.01. The number of nitro benzene ring substituents is 1. The van der Waals surface area contributed by atoms with E-state index in [-0.39, 0.29) is 17.6 Å². The van der Waals surface area contributed by atoms with Crippen LogP contribution in [-0.4, -0.2) is 26.1 Å². The molecule has 1 amide bonds. The molecule has 0 atom stereocenters. The first-order valence-electron chi connectivity index (χ1n) is 7.99. The maximum atomic E-state index is 12.7. The number of hydrogen-bond acceptors (Lipinski definition) is 5. The summed E-state index contributed by atoms with van der Waals surface area (Å²) in [5.41, 5.74) is 1.31. The molecule has 1 aliphatic heterocycles. The number of nitro groups is 1. The third kappa shape index (κ3) is 3.37. The number of amides is 1. The van der Waals surface area contributed by atoms with Gasteiger partial charge in [0, 0.05) is 17.7 Å². The van der Waals surface area contributed by atoms with E-state index in [9.17, 15) is 14.9 Å². The second kappa shape index (κ2) is 7.03. The highest BCUT2D eigenvalue weighted by Gasteiger charge is 2.37. The number of benzene rings is 1. The van der Waals surface area contributed by atoms with Gasteiger partial charge in [-0.25, -0.2) is 0 Å². The van der Waals surface area contributed by atoms with Gasteiger partial charge in [0.25, 0.3) is 11.6 Å². The quantitative estimate of drug-likeness (QED) is 0.344. The average molecular weight is 362 g/mol. The highest BCUT2D eigenvalue weighted by Crippen LogP contribution is 2.37. The van der Waals surface area contributed by atoms with E-state index in [2.05, 4.69) is 0 Å². The number of rotatable bonds is 3. The van der Waals surface area contributed by atoms with Gasteiger partial charge in [-0.1, -0.05) is 55.4 Å². The number of thioether (sulfide) groups is 1. The second-order valence-corrected chi connectivity index (χ2v) is 7.82. The van der Waals surface area contributed by atoms with Gasteiger partial charge in [-0.2, -0.15) is 0 Å². The lowest BCUT2D eigenvalue weighted by Crippen LogP contribution is -2.39. The van der Waals surface area contributed by atoms with Crippen LogP contribution in [0.3, 0.4) is 0 Å². The minimum absolute atomic E-state index is 0.0616. The van der Waals surface area contributed by atoms with Crippen LogP contribution in [0.2, 0.25) is 0 Å². The van der Waals surface area contributed by atoms with Gasteiger partial charge in [0.15, 0.2) is 0 Å². The molecule has 1 saturated heterocycles. The van der Waals surface area contributed by atoms with E-state index in [1.54, 1.807) is 30.0 Å². The number of hydrogen-bond donors (Lipinski definition) is 0. The molecule has 5 nitrogen and oxygen atoms in total. The zero-order chi connectivity index (χ0) is 17.3. The molecule has 1 aliphatic carbocycles. The number of aryl methyl sites for hydroxylation is 1. The molecule has 0 unspecified atom stereocenters. The number of carbonyl (C=O) groups excluding carboxylic acids is 1. The zero-order valence-electron chi connectivity index (χ0n) is 13.4. The lowest BCUT2D eigenvalue weighted by Gasteiger charge is -2.29. The first-order valence-corrected chi connectivity index (χ1v) is 9.22. The second-order valence-electron chi connectivity index (χ2n) is 6.15. The molecule has 1 saturated carbocycles. The Balaban J connectivity index is 1.86. The lowest BCUT2D eigenvalue weighted by molar-refractivity contribution is -0.385. The van der Waals surface area contributed by atoms with Crippen LogP contribution >= 0.6 is 24.0 Å². The molecular weight excluding hydrogens is 344 g/mol. The Morgan fingerprint density at radius 2 is 2.04 bits per heavy atom. The normalized spacial score (nSPS) is 20.9. The Bertz CT molecular complexity index is 739. The molecule has 126 valence electrons. The van der Waals surface area contributed by atoms with Gasteiger partial charge < -0.3 is 0 Å². The van der Waals surface area contributed by atoms with Crippen molar-refractivity contribution in [3.8, 4) is 0 Å². The van der Waals surface area contributed by atoms with Crippen molar-refractivity contribution >= 4 is 46.0 Å². The van der Waals surface area contributed by atoms with Gasteiger partial charge in [0.2, 0.25) is 0 Å². The topological polar surface area (TPSA) is 63.5 Å². The first kappa shape index (κ1) is 17.1. The average Bonchev–Trinajstić information content (AvgIpc) is 2.83. The summed E-state index contributed by atoms with van der Waals surface area (Å²) in [5, 5.41) is 11.1. The fourth-order valence-corrected chi connectivity index (χ4v) is 4.60. The largest absolute Gasteiger partial charge is 0.290 e. The number of carbonyl (C=O) groups is 1. The monoisotopic (exact) mass is 362 g/mol. The van der Waals surface area contributed by atoms with E-state index in [4.69, 9.17) is 12.2 Å². The smallest absolute Gasteiger partial charge is 0.272 e. The van der Waals surface area contributed by atoms with Crippen LogP contribution in [0.15, 0.2) is 23.1 Å². The van der Waals surface area contributed by atoms with Gasteiger partial charge in [0.05, 0.1) is 9.83 Å². The Morgan fingerprint density at radius 3 is 2.71 bits per heavy atom. The number of thiocarbonyl (C=S) groups is 1. The molecule has 24 heavy (non-hydrogen) atoms. The van der Waals surface area contributed by atoms with Gasteiger partial charge in [0.1, 0.15) is 4.32 Å². The molecule has 0 bridgehead atoms. The highest BCUT2D eigenvalue weighted by atomic mass is 32.2. The minimum Gasteiger partial charge on any atom is -0.290 e. The predicted octanol–water partition coefficient (Wildman–Crippen LogP) is 4.44. The van der Waals surface area contributed by atoms with Gasteiger partial charge in [-0.15, -0.1) is 0 Å². The van der Waals surface area contributed by atoms with E-state index >= 15 is 0 Å². The Morgan fingerprint density at radius 1 is 1.33 bits per heavy atom. The third-order valence-corrected chi connectivity index (χ3v) is 5.82. The fraction of sp³-hybridized carbons (Fsp3) is 0.412. The van der Waals surface area contributed by atoms with Crippen molar-refractivity contribution in [1.82, 2.24) is 4.90 Å². The van der Waals surface area contributed by atoms with E-state index in [1.165, 1.54) is 24.2 Å². The van der Waals surface area contributed by atoms with Crippen LogP contribution < -0.4 is 0 Å². The van der Waals surface area contributed by atoms with Crippen molar-refractivity contribution in [3.05, 3.63) is 44.3 Å². The van der Waals surface area contributed by atoms with Crippen molar-refractivity contribution < 1.29 is 9.72 Å². The van der Waals surface area contributed by atoms with Crippen LogP contribution in [-0.2, 0) is 4.79 Å². The maximum absolute atomic E-state index is 12.7. The molecule has 0 N–H and O–H groups in total. The third-order valence-electron chi connectivity index (χ3n) is 4.49. The van der Waals surface area contributed by atoms with Gasteiger partial charge in [-0.05, 0) is 31.4 Å². The van der Waals surface area contributed by atoms with Gasteiger partial charge in [-0.3, -0.25) is 19.8 Å². The highest BCUT2D eigenvalue weighted by molar-refractivity contribution is 8.26. The standard InChI is InChI=1S/C17H18N2O3S2/c1-11-7-8-12(9-14(11)19(21)22)10-15-16(20)18(17(23)24-15)13-5-3-2-4-6-13/h7-10,13H,2-6H2,1H3. The maximum Gasteiger partial charge on any atom is 0.272 e. The molecule has 2 aliphatic rings. The molecule has 7 heteroatoms. The summed E-state index contributed by atoms with van der Waals surface area (Å²) in [6.45, 7) is 1.70. The summed E-state index contributed by atoms with van der Waals surface area (Å²) < 4.78 is 0.597. The predicted molar refractivity (Wildman–Crippen MR) is 99.7 cm³/mol. The van der Waals surface area contributed by atoms with Crippen molar-refractivity contribution in [1.29, 1.82) is 0 Å².